The summed E-state index contributed by atoms with van der Waals surface area (Å²) in [7, 11) is 0. The highest BCUT2D eigenvalue weighted by molar-refractivity contribution is 6.27. The average Bonchev–Trinajstić information content (AvgIpc) is 2.80. The minimum absolute atomic E-state index is 0.240. The van der Waals surface area contributed by atoms with Crippen molar-refractivity contribution in [2.75, 3.05) is 18.6 Å². The van der Waals surface area contributed by atoms with Crippen LogP contribution in [-0.2, 0) is 6.18 Å². The Kier molecular flexibility index (Phi) is 5.88. The minimum Gasteiger partial charge on any atom is -0.394 e. The first-order chi connectivity index (χ1) is 15.8. The van der Waals surface area contributed by atoms with Crippen molar-refractivity contribution in [3.05, 3.63) is 76.9 Å². The standard InChI is InChI=1S/C23H18F3N3O4/c24-23(25,26)14-6-4-13(5-7-14)10-27-28-19-9-8-18-20-16(19)2-1-3-17(20)21(32)29(22(18)33)15(11-30)12-31/h1-10,15,28,30-31H,11-12H2/b27-10+. The van der Waals surface area contributed by atoms with Gasteiger partial charge in [-0.15, -0.1) is 0 Å². The van der Waals surface area contributed by atoms with Gasteiger partial charge in [0.05, 0.1) is 36.7 Å². The number of nitrogens with one attached hydrogen (secondary N) is 1. The van der Waals surface area contributed by atoms with E-state index in [1.54, 1.807) is 24.3 Å². The van der Waals surface area contributed by atoms with Gasteiger partial charge in [-0.05, 0) is 35.9 Å². The Morgan fingerprint density at radius 3 is 2.18 bits per heavy atom. The summed E-state index contributed by atoms with van der Waals surface area (Å²) in [4.78, 5) is 26.7. The number of rotatable bonds is 6. The van der Waals surface area contributed by atoms with Gasteiger partial charge in [-0.2, -0.15) is 18.3 Å². The Labute approximate surface area is 185 Å². The number of aliphatic hydroxyl groups is 2. The van der Waals surface area contributed by atoms with Gasteiger partial charge < -0.3 is 10.2 Å². The van der Waals surface area contributed by atoms with Crippen LogP contribution in [0.2, 0.25) is 0 Å². The van der Waals surface area contributed by atoms with E-state index in [4.69, 9.17) is 0 Å². The molecule has 10 heteroatoms. The first kappa shape index (κ1) is 22.4. The van der Waals surface area contributed by atoms with Crippen LogP contribution in [0.1, 0.15) is 31.8 Å². The fraction of sp³-hybridized carbons (Fsp3) is 0.174. The molecule has 3 N–H and O–H groups in total. The maximum atomic E-state index is 12.9. The van der Waals surface area contributed by atoms with Crippen LogP contribution in [-0.4, -0.2) is 52.4 Å². The molecule has 0 bridgehead atoms. The van der Waals surface area contributed by atoms with E-state index in [2.05, 4.69) is 10.5 Å². The van der Waals surface area contributed by atoms with E-state index in [1.165, 1.54) is 24.4 Å². The molecule has 0 spiro atoms. The number of amides is 2. The van der Waals surface area contributed by atoms with Crippen molar-refractivity contribution in [1.29, 1.82) is 0 Å². The van der Waals surface area contributed by atoms with Crippen molar-refractivity contribution in [2.24, 2.45) is 5.10 Å². The zero-order valence-electron chi connectivity index (χ0n) is 17.0. The summed E-state index contributed by atoms with van der Waals surface area (Å²) in [5.74, 6) is -1.26. The van der Waals surface area contributed by atoms with E-state index in [9.17, 15) is 33.0 Å². The molecule has 170 valence electrons. The molecule has 33 heavy (non-hydrogen) atoms. The van der Waals surface area contributed by atoms with Crippen molar-refractivity contribution in [3.8, 4) is 0 Å². The van der Waals surface area contributed by atoms with Crippen LogP contribution in [0.15, 0.2) is 59.7 Å². The number of hydrogen-bond donors (Lipinski definition) is 3. The number of hydrazone groups is 1. The smallest absolute Gasteiger partial charge is 0.394 e. The van der Waals surface area contributed by atoms with Gasteiger partial charge in [0, 0.05) is 21.9 Å². The van der Waals surface area contributed by atoms with Gasteiger partial charge >= 0.3 is 6.18 Å². The predicted octanol–water partition coefficient (Wildman–Crippen LogP) is 3.25. The van der Waals surface area contributed by atoms with Crippen molar-refractivity contribution in [2.45, 2.75) is 12.2 Å². The number of benzene rings is 3. The monoisotopic (exact) mass is 457 g/mol. The lowest BCUT2D eigenvalue weighted by Crippen LogP contribution is -2.50. The number of alkyl halides is 3. The third kappa shape index (κ3) is 4.06. The molecule has 1 aliphatic rings. The van der Waals surface area contributed by atoms with Crippen molar-refractivity contribution < 1.29 is 33.0 Å². The molecule has 0 saturated heterocycles. The molecule has 4 rings (SSSR count). The molecule has 2 amide bonds. The lowest BCUT2D eigenvalue weighted by molar-refractivity contribution is -0.137. The molecule has 0 aliphatic carbocycles. The molecule has 0 fully saturated rings. The zero-order valence-corrected chi connectivity index (χ0v) is 17.0. The van der Waals surface area contributed by atoms with Crippen molar-refractivity contribution in [3.63, 3.8) is 0 Å². The van der Waals surface area contributed by atoms with Crippen molar-refractivity contribution in [1.82, 2.24) is 4.90 Å². The largest absolute Gasteiger partial charge is 0.416 e. The van der Waals surface area contributed by atoms with Gasteiger partial charge in [0.2, 0.25) is 0 Å². The summed E-state index contributed by atoms with van der Waals surface area (Å²) in [6.45, 7) is -1.14. The average molecular weight is 457 g/mol. The second kappa shape index (κ2) is 8.64. The number of imide groups is 1. The van der Waals surface area contributed by atoms with E-state index < -0.39 is 42.8 Å². The summed E-state index contributed by atoms with van der Waals surface area (Å²) < 4.78 is 38.0. The van der Waals surface area contributed by atoms with Gasteiger partial charge in [0.15, 0.2) is 0 Å². The Morgan fingerprint density at radius 1 is 0.939 bits per heavy atom. The molecule has 0 saturated carbocycles. The van der Waals surface area contributed by atoms with E-state index in [1.807, 2.05) is 0 Å². The van der Waals surface area contributed by atoms with Crippen LogP contribution in [0.4, 0.5) is 18.9 Å². The normalized spacial score (nSPS) is 14.1. The van der Waals surface area contributed by atoms with Crippen LogP contribution in [0, 0.1) is 0 Å². The second-order valence-corrected chi connectivity index (χ2v) is 7.38. The first-order valence-corrected chi connectivity index (χ1v) is 9.88. The molecule has 1 aliphatic heterocycles. The number of nitrogens with zero attached hydrogens (tertiary/aromatic N) is 2. The third-order valence-electron chi connectivity index (χ3n) is 5.36. The Morgan fingerprint density at radius 2 is 1.58 bits per heavy atom. The number of carbonyl (C=O) groups excluding carboxylic acids is 2. The molecule has 3 aromatic rings. The molecular formula is C23H18F3N3O4. The number of hydrogen-bond acceptors (Lipinski definition) is 6. The zero-order chi connectivity index (χ0) is 23.8. The summed E-state index contributed by atoms with van der Waals surface area (Å²) in [5.41, 5.74) is 3.44. The van der Waals surface area contributed by atoms with Gasteiger partial charge in [0.1, 0.15) is 0 Å². The maximum Gasteiger partial charge on any atom is 0.416 e. The number of halogens is 3. The van der Waals surface area contributed by atoms with E-state index in [-0.39, 0.29) is 11.1 Å². The van der Waals surface area contributed by atoms with E-state index >= 15 is 0 Å². The minimum atomic E-state index is -4.42. The molecule has 1 heterocycles. The maximum absolute atomic E-state index is 12.9. The van der Waals surface area contributed by atoms with Gasteiger partial charge in [0.25, 0.3) is 11.8 Å². The summed E-state index contributed by atoms with van der Waals surface area (Å²) in [6, 6.07) is 11.4. The molecule has 7 nitrogen and oxygen atoms in total. The van der Waals surface area contributed by atoms with Crippen molar-refractivity contribution >= 4 is 34.5 Å². The highest BCUT2D eigenvalue weighted by atomic mass is 19.4. The van der Waals surface area contributed by atoms with E-state index in [0.29, 0.717) is 22.0 Å². The topological polar surface area (TPSA) is 102 Å². The van der Waals surface area contributed by atoms with Crippen LogP contribution in [0.25, 0.3) is 10.8 Å². The number of carbonyl (C=O) groups is 2. The lowest BCUT2D eigenvalue weighted by Gasteiger charge is -2.32. The van der Waals surface area contributed by atoms with Crippen LogP contribution >= 0.6 is 0 Å². The summed E-state index contributed by atoms with van der Waals surface area (Å²) >= 11 is 0. The quantitative estimate of drug-likeness (QED) is 0.300. The lowest BCUT2D eigenvalue weighted by atomic mass is 9.92. The Bertz CT molecular complexity index is 1230. The highest BCUT2D eigenvalue weighted by Crippen LogP contribution is 2.35. The SMILES string of the molecule is O=C1c2cccc3c(N/N=C/c4ccc(C(F)(F)F)cc4)ccc(c23)C(=O)N1C(CO)CO. The summed E-state index contributed by atoms with van der Waals surface area (Å²) in [6.07, 6.45) is -3.07. The van der Waals surface area contributed by atoms with E-state index in [0.717, 1.165) is 17.0 Å². The molecule has 0 aromatic heterocycles. The second-order valence-electron chi connectivity index (χ2n) is 7.38. The molecule has 0 unspecified atom stereocenters. The Hall–Kier alpha value is -3.76. The number of anilines is 1. The van der Waals surface area contributed by atoms with Gasteiger partial charge in [-0.1, -0.05) is 24.3 Å². The first-order valence-electron chi connectivity index (χ1n) is 9.88. The van der Waals surface area contributed by atoms with Gasteiger partial charge in [-0.25, -0.2) is 0 Å². The van der Waals surface area contributed by atoms with Crippen LogP contribution in [0.3, 0.4) is 0 Å². The predicted molar refractivity (Wildman–Crippen MR) is 115 cm³/mol. The molecule has 0 radical (unpaired) electrons. The van der Waals surface area contributed by atoms with Crippen LogP contribution < -0.4 is 5.43 Å². The third-order valence-corrected chi connectivity index (χ3v) is 5.36. The van der Waals surface area contributed by atoms with Crippen LogP contribution in [0.5, 0.6) is 0 Å². The van der Waals surface area contributed by atoms with Gasteiger partial charge in [-0.3, -0.25) is 19.9 Å². The highest BCUT2D eigenvalue weighted by Gasteiger charge is 2.37. The fourth-order valence-corrected chi connectivity index (χ4v) is 3.70. The molecule has 3 aromatic carbocycles. The Balaban J connectivity index is 1.65. The fourth-order valence-electron chi connectivity index (χ4n) is 3.70. The summed E-state index contributed by atoms with van der Waals surface area (Å²) in [5, 5.41) is 23.9. The number of aliphatic hydroxyl groups excluding tert-OH is 2. The molecular weight excluding hydrogens is 439 g/mol. The molecule has 0 atom stereocenters.